The van der Waals surface area contributed by atoms with Gasteiger partial charge in [0.1, 0.15) is 12.7 Å². The Balaban J connectivity index is 1.41. The van der Waals surface area contributed by atoms with E-state index in [4.69, 9.17) is 0 Å². The molecule has 116 valence electrons. The Bertz CT molecular complexity index is 666. The minimum atomic E-state index is 0.201. The second-order valence-electron chi connectivity index (χ2n) is 6.35. The van der Waals surface area contributed by atoms with Crippen LogP contribution < -0.4 is 0 Å². The summed E-state index contributed by atoms with van der Waals surface area (Å²) in [6.07, 6.45) is 6.46. The maximum Gasteiger partial charge on any atom is 0.226 e. The molecular formula is C16H20N4OS. The highest BCUT2D eigenvalue weighted by atomic mass is 32.1. The highest BCUT2D eigenvalue weighted by Gasteiger charge is 2.47. The highest BCUT2D eigenvalue weighted by Crippen LogP contribution is 2.50. The van der Waals surface area contributed by atoms with Crippen LogP contribution in [0.25, 0.3) is 0 Å². The Morgan fingerprint density at radius 3 is 3.05 bits per heavy atom. The first-order valence-corrected chi connectivity index (χ1v) is 8.73. The Kier molecular flexibility index (Phi) is 3.48. The van der Waals surface area contributed by atoms with Gasteiger partial charge in [-0.2, -0.15) is 5.10 Å². The molecule has 22 heavy (non-hydrogen) atoms. The van der Waals surface area contributed by atoms with E-state index >= 15 is 0 Å². The molecule has 4 rings (SSSR count). The third kappa shape index (κ3) is 2.56. The maximum atomic E-state index is 12.8. The number of piperidine rings is 1. The average molecular weight is 316 g/mol. The van der Waals surface area contributed by atoms with E-state index in [1.807, 2.05) is 20.9 Å². The van der Waals surface area contributed by atoms with Crippen LogP contribution in [0.1, 0.15) is 41.0 Å². The molecule has 2 aromatic rings. The van der Waals surface area contributed by atoms with Gasteiger partial charge in [0, 0.05) is 34.7 Å². The lowest BCUT2D eigenvalue weighted by Crippen LogP contribution is -2.41. The summed E-state index contributed by atoms with van der Waals surface area (Å²) in [4.78, 5) is 21.5. The van der Waals surface area contributed by atoms with Crippen LogP contribution in [0.5, 0.6) is 0 Å². The molecule has 1 saturated heterocycles. The number of nitrogens with zero attached hydrogens (tertiary/aromatic N) is 4. The van der Waals surface area contributed by atoms with Crippen molar-refractivity contribution < 1.29 is 4.79 Å². The van der Waals surface area contributed by atoms with Crippen LogP contribution in [0.2, 0.25) is 0 Å². The van der Waals surface area contributed by atoms with E-state index in [2.05, 4.69) is 29.1 Å². The summed E-state index contributed by atoms with van der Waals surface area (Å²) in [5, 5.41) is 4.23. The number of carbonyl (C=O) groups is 1. The summed E-state index contributed by atoms with van der Waals surface area (Å²) < 4.78 is 1.90. The molecule has 0 aromatic carbocycles. The number of aryl methyl sites for hydroxylation is 1. The Hall–Kier alpha value is -1.69. The van der Waals surface area contributed by atoms with Crippen molar-refractivity contribution in [3.63, 3.8) is 0 Å². The van der Waals surface area contributed by atoms with Crippen molar-refractivity contribution >= 4 is 17.2 Å². The second-order valence-corrected chi connectivity index (χ2v) is 7.67. The van der Waals surface area contributed by atoms with Gasteiger partial charge in [0.2, 0.25) is 5.91 Å². The van der Waals surface area contributed by atoms with E-state index in [0.717, 1.165) is 32.4 Å². The van der Waals surface area contributed by atoms with Gasteiger partial charge in [0.25, 0.3) is 0 Å². The number of aromatic nitrogens is 3. The quantitative estimate of drug-likeness (QED) is 0.874. The molecule has 1 aliphatic heterocycles. The molecule has 0 unspecified atom stereocenters. The van der Waals surface area contributed by atoms with Gasteiger partial charge in [0.15, 0.2) is 0 Å². The largest absolute Gasteiger partial charge is 0.340 e. The minimum Gasteiger partial charge on any atom is -0.340 e. The summed E-state index contributed by atoms with van der Waals surface area (Å²) >= 11 is 1.83. The van der Waals surface area contributed by atoms with Crippen molar-refractivity contribution in [2.75, 3.05) is 13.1 Å². The second kappa shape index (κ2) is 5.50. The lowest BCUT2D eigenvalue weighted by molar-refractivity contribution is -0.134. The SMILES string of the molecule is Cc1ccc([C@@H]2C[C@@H]2C(=O)N2CCC[C@H](n3cncn3)C2)s1. The zero-order valence-electron chi connectivity index (χ0n) is 12.7. The van der Waals surface area contributed by atoms with Gasteiger partial charge in [0.05, 0.1) is 6.04 Å². The van der Waals surface area contributed by atoms with E-state index in [1.165, 1.54) is 9.75 Å². The Labute approximate surface area is 134 Å². The molecule has 0 N–H and O–H groups in total. The number of hydrogen-bond acceptors (Lipinski definition) is 4. The Morgan fingerprint density at radius 2 is 2.32 bits per heavy atom. The highest BCUT2D eigenvalue weighted by molar-refractivity contribution is 7.12. The number of rotatable bonds is 3. The van der Waals surface area contributed by atoms with Crippen LogP contribution in [-0.4, -0.2) is 38.7 Å². The third-order valence-corrected chi connectivity index (χ3v) is 5.89. The van der Waals surface area contributed by atoms with E-state index < -0.39 is 0 Å². The fourth-order valence-electron chi connectivity index (χ4n) is 3.45. The molecule has 5 nitrogen and oxygen atoms in total. The summed E-state index contributed by atoms with van der Waals surface area (Å²) in [5.74, 6) is 0.992. The van der Waals surface area contributed by atoms with E-state index in [9.17, 15) is 4.79 Å². The third-order valence-electron chi connectivity index (χ3n) is 4.75. The van der Waals surface area contributed by atoms with Gasteiger partial charge in [-0.1, -0.05) is 0 Å². The lowest BCUT2D eigenvalue weighted by Gasteiger charge is -2.32. The van der Waals surface area contributed by atoms with Crippen LogP contribution in [0.15, 0.2) is 24.8 Å². The first kappa shape index (κ1) is 13.9. The van der Waals surface area contributed by atoms with E-state index in [1.54, 1.807) is 12.7 Å². The predicted molar refractivity (Wildman–Crippen MR) is 84.8 cm³/mol. The van der Waals surface area contributed by atoms with Crippen molar-refractivity contribution in [1.29, 1.82) is 0 Å². The van der Waals surface area contributed by atoms with Crippen molar-refractivity contribution in [2.45, 2.75) is 38.1 Å². The van der Waals surface area contributed by atoms with Crippen molar-refractivity contribution in [1.82, 2.24) is 19.7 Å². The van der Waals surface area contributed by atoms with Gasteiger partial charge in [-0.05, 0) is 38.3 Å². The molecule has 3 atom stereocenters. The van der Waals surface area contributed by atoms with Crippen LogP contribution in [0, 0.1) is 12.8 Å². The fourth-order valence-corrected chi connectivity index (χ4v) is 4.50. The molecule has 1 amide bonds. The van der Waals surface area contributed by atoms with Crippen LogP contribution in [0.3, 0.4) is 0 Å². The Morgan fingerprint density at radius 1 is 1.41 bits per heavy atom. The number of carbonyl (C=O) groups excluding carboxylic acids is 1. The summed E-state index contributed by atoms with van der Waals surface area (Å²) in [6, 6.07) is 4.62. The maximum absolute atomic E-state index is 12.8. The van der Waals surface area contributed by atoms with Crippen molar-refractivity contribution in [2.24, 2.45) is 5.92 Å². The smallest absolute Gasteiger partial charge is 0.226 e. The minimum absolute atomic E-state index is 0.201. The predicted octanol–water partition coefficient (Wildman–Crippen LogP) is 2.62. The molecule has 0 bridgehead atoms. The fraction of sp³-hybridized carbons (Fsp3) is 0.562. The molecule has 0 radical (unpaired) electrons. The van der Waals surface area contributed by atoms with Crippen molar-refractivity contribution in [3.8, 4) is 0 Å². The van der Waals surface area contributed by atoms with Gasteiger partial charge < -0.3 is 4.90 Å². The number of hydrogen-bond donors (Lipinski definition) is 0. The molecule has 1 saturated carbocycles. The molecule has 3 heterocycles. The molecular weight excluding hydrogens is 296 g/mol. The normalized spacial score (nSPS) is 27.9. The standard InChI is InChI=1S/C16H20N4OS/c1-11-4-5-15(22-11)13-7-14(13)16(21)19-6-2-3-12(8-19)20-10-17-9-18-20/h4-5,9-10,12-14H,2-3,6-8H2,1H3/t12-,13+,14-/m0/s1. The monoisotopic (exact) mass is 316 g/mol. The summed E-state index contributed by atoms with van der Waals surface area (Å²) in [7, 11) is 0. The summed E-state index contributed by atoms with van der Waals surface area (Å²) in [6.45, 7) is 3.78. The molecule has 1 aliphatic carbocycles. The van der Waals surface area contributed by atoms with Crippen LogP contribution in [-0.2, 0) is 4.79 Å². The topological polar surface area (TPSA) is 51.0 Å². The first-order valence-electron chi connectivity index (χ1n) is 7.91. The number of likely N-dealkylation sites (tertiary alicyclic amines) is 1. The number of thiophene rings is 1. The lowest BCUT2D eigenvalue weighted by atomic mass is 10.1. The molecule has 2 aromatic heterocycles. The molecule has 2 fully saturated rings. The first-order chi connectivity index (χ1) is 10.7. The van der Waals surface area contributed by atoms with E-state index in [0.29, 0.717) is 11.8 Å². The zero-order valence-corrected chi connectivity index (χ0v) is 13.5. The van der Waals surface area contributed by atoms with Crippen molar-refractivity contribution in [3.05, 3.63) is 34.5 Å². The summed E-state index contributed by atoms with van der Waals surface area (Å²) in [5.41, 5.74) is 0. The molecule has 0 spiro atoms. The van der Waals surface area contributed by atoms with Gasteiger partial charge in [-0.15, -0.1) is 11.3 Å². The van der Waals surface area contributed by atoms with E-state index in [-0.39, 0.29) is 12.0 Å². The van der Waals surface area contributed by atoms with Gasteiger partial charge in [-0.3, -0.25) is 4.79 Å². The number of amides is 1. The van der Waals surface area contributed by atoms with Gasteiger partial charge >= 0.3 is 0 Å². The molecule has 6 heteroatoms. The van der Waals surface area contributed by atoms with Crippen LogP contribution in [0.4, 0.5) is 0 Å². The van der Waals surface area contributed by atoms with Crippen LogP contribution >= 0.6 is 11.3 Å². The average Bonchev–Trinajstić information content (AvgIpc) is 2.95. The molecule has 2 aliphatic rings. The zero-order chi connectivity index (χ0) is 15.1. The van der Waals surface area contributed by atoms with Gasteiger partial charge in [-0.25, -0.2) is 9.67 Å².